The Morgan fingerprint density at radius 1 is 1.07 bits per heavy atom. The minimum atomic E-state index is -1.85. The lowest BCUT2D eigenvalue weighted by atomic mass is 9.89. The molecule has 3 heterocycles. The van der Waals surface area contributed by atoms with Gasteiger partial charge in [0.15, 0.2) is 11.4 Å². The van der Waals surface area contributed by atoms with Crippen molar-refractivity contribution in [3.63, 3.8) is 0 Å². The molecule has 0 spiro atoms. The highest BCUT2D eigenvalue weighted by atomic mass is 16.3. The predicted octanol–water partition coefficient (Wildman–Crippen LogP) is 2.33. The van der Waals surface area contributed by atoms with Gasteiger partial charge in [0.1, 0.15) is 5.69 Å². The van der Waals surface area contributed by atoms with Crippen LogP contribution in [0.4, 0.5) is 5.69 Å². The first-order chi connectivity index (χ1) is 13.1. The van der Waals surface area contributed by atoms with E-state index in [-0.39, 0.29) is 17.9 Å². The van der Waals surface area contributed by atoms with Crippen molar-refractivity contribution in [1.82, 2.24) is 9.88 Å². The number of para-hydroxylation sites is 1. The van der Waals surface area contributed by atoms with E-state index in [1.807, 2.05) is 12.1 Å². The Morgan fingerprint density at radius 2 is 1.81 bits per heavy atom. The van der Waals surface area contributed by atoms with Gasteiger partial charge in [-0.2, -0.15) is 0 Å². The number of fused-ring (bicyclic) bond motifs is 1. The van der Waals surface area contributed by atoms with Crippen molar-refractivity contribution in [3.8, 4) is 0 Å². The quantitative estimate of drug-likeness (QED) is 0.824. The molecule has 2 aromatic rings. The number of carbonyl (C=O) groups excluding carboxylic acids is 2. The number of Topliss-reactive ketones (excluding diaryl/α,β-unsaturated/α-hetero) is 1. The third kappa shape index (κ3) is 3.26. The molecule has 1 amide bonds. The third-order valence-electron chi connectivity index (χ3n) is 5.40. The number of hydrogen-bond acceptors (Lipinski definition) is 5. The number of anilines is 1. The fourth-order valence-corrected chi connectivity index (χ4v) is 3.97. The van der Waals surface area contributed by atoms with Crippen molar-refractivity contribution in [1.29, 1.82) is 0 Å². The van der Waals surface area contributed by atoms with Crippen molar-refractivity contribution >= 4 is 17.4 Å². The standard InChI is InChI=1S/C21H23N3O3/c25-19(17-9-4-5-11-22-17)14-21(27)16-8-2-3-10-18(16)24(20(21)26)15-23-12-6-1-7-13-23/h2-5,8-11,27H,1,6-7,12-15H2. The number of aromatic nitrogens is 1. The van der Waals surface area contributed by atoms with Crippen LogP contribution in [0.15, 0.2) is 48.7 Å². The van der Waals surface area contributed by atoms with Crippen LogP contribution in [-0.4, -0.2) is 46.4 Å². The van der Waals surface area contributed by atoms with E-state index >= 15 is 0 Å². The Morgan fingerprint density at radius 3 is 2.56 bits per heavy atom. The predicted molar refractivity (Wildman–Crippen MR) is 101 cm³/mol. The fraction of sp³-hybridized carbons (Fsp3) is 0.381. The van der Waals surface area contributed by atoms with Crippen LogP contribution in [0.3, 0.4) is 0 Å². The van der Waals surface area contributed by atoms with Crippen molar-refractivity contribution < 1.29 is 14.7 Å². The van der Waals surface area contributed by atoms with Gasteiger partial charge in [-0.3, -0.25) is 24.4 Å². The average molecular weight is 365 g/mol. The summed E-state index contributed by atoms with van der Waals surface area (Å²) in [6, 6.07) is 12.2. The SMILES string of the molecule is O=C(CC1(O)C(=O)N(CN2CCCCC2)c2ccccc21)c1ccccn1. The van der Waals surface area contributed by atoms with Gasteiger partial charge in [0.2, 0.25) is 0 Å². The molecule has 4 rings (SSSR count). The average Bonchev–Trinajstić information content (AvgIpc) is 2.92. The van der Waals surface area contributed by atoms with Crippen LogP contribution in [0.5, 0.6) is 0 Å². The summed E-state index contributed by atoms with van der Waals surface area (Å²) in [6.07, 6.45) is 4.67. The Kier molecular flexibility index (Phi) is 4.76. The van der Waals surface area contributed by atoms with Crippen molar-refractivity contribution in [2.24, 2.45) is 0 Å². The van der Waals surface area contributed by atoms with Gasteiger partial charge >= 0.3 is 0 Å². The Bertz CT molecular complexity index is 849. The number of hydrogen-bond donors (Lipinski definition) is 1. The summed E-state index contributed by atoms with van der Waals surface area (Å²) in [5.41, 5.74) is -0.410. The maximum Gasteiger partial charge on any atom is 0.265 e. The molecule has 0 aliphatic carbocycles. The van der Waals surface area contributed by atoms with Crippen LogP contribution >= 0.6 is 0 Å². The summed E-state index contributed by atoms with van der Waals surface area (Å²) in [6.45, 7) is 2.32. The summed E-state index contributed by atoms with van der Waals surface area (Å²) in [5.74, 6) is -0.778. The molecule has 1 atom stereocenters. The van der Waals surface area contributed by atoms with E-state index in [0.717, 1.165) is 25.9 Å². The first kappa shape index (κ1) is 17.8. The molecule has 1 N–H and O–H groups in total. The van der Waals surface area contributed by atoms with Crippen LogP contribution in [0.1, 0.15) is 41.7 Å². The van der Waals surface area contributed by atoms with E-state index in [2.05, 4.69) is 9.88 Å². The van der Waals surface area contributed by atoms with Gasteiger partial charge in [0, 0.05) is 11.8 Å². The van der Waals surface area contributed by atoms with Gasteiger partial charge in [-0.15, -0.1) is 0 Å². The number of piperidine rings is 1. The molecule has 0 radical (unpaired) electrons. The summed E-state index contributed by atoms with van der Waals surface area (Å²) >= 11 is 0. The number of nitrogens with zero attached hydrogens (tertiary/aromatic N) is 3. The van der Waals surface area contributed by atoms with E-state index in [9.17, 15) is 14.7 Å². The second kappa shape index (κ2) is 7.21. The van der Waals surface area contributed by atoms with E-state index < -0.39 is 11.5 Å². The smallest absolute Gasteiger partial charge is 0.265 e. The maximum absolute atomic E-state index is 13.2. The van der Waals surface area contributed by atoms with Gasteiger partial charge < -0.3 is 5.11 Å². The lowest BCUT2D eigenvalue weighted by Gasteiger charge is -2.31. The summed E-state index contributed by atoms with van der Waals surface area (Å²) in [7, 11) is 0. The zero-order valence-electron chi connectivity index (χ0n) is 15.2. The monoisotopic (exact) mass is 365 g/mol. The Hall–Kier alpha value is -2.57. The molecule has 6 nitrogen and oxygen atoms in total. The van der Waals surface area contributed by atoms with E-state index in [1.54, 1.807) is 35.2 Å². The molecular formula is C21H23N3O3. The largest absolute Gasteiger partial charge is 0.375 e. The second-order valence-corrected chi connectivity index (χ2v) is 7.25. The summed E-state index contributed by atoms with van der Waals surface area (Å²) < 4.78 is 0. The highest BCUT2D eigenvalue weighted by Crippen LogP contribution is 2.42. The van der Waals surface area contributed by atoms with Crippen molar-refractivity contribution in [2.75, 3.05) is 24.7 Å². The zero-order chi connectivity index (χ0) is 18.9. The number of aliphatic hydroxyl groups is 1. The number of rotatable bonds is 5. The van der Waals surface area contributed by atoms with E-state index in [1.165, 1.54) is 12.6 Å². The Balaban J connectivity index is 1.62. The second-order valence-electron chi connectivity index (χ2n) is 7.25. The molecule has 1 aromatic carbocycles. The zero-order valence-corrected chi connectivity index (χ0v) is 15.2. The van der Waals surface area contributed by atoms with Crippen molar-refractivity contribution in [3.05, 3.63) is 59.9 Å². The number of amides is 1. The fourth-order valence-electron chi connectivity index (χ4n) is 3.97. The number of carbonyl (C=O) groups is 2. The molecule has 27 heavy (non-hydrogen) atoms. The molecule has 0 bridgehead atoms. The molecule has 2 aliphatic heterocycles. The van der Waals surface area contributed by atoms with Crippen LogP contribution in [0.25, 0.3) is 0 Å². The Labute approximate surface area is 158 Å². The lowest BCUT2D eigenvalue weighted by molar-refractivity contribution is -0.136. The minimum Gasteiger partial charge on any atom is -0.375 e. The molecule has 1 unspecified atom stereocenters. The van der Waals surface area contributed by atoms with Gasteiger partial charge in [-0.1, -0.05) is 30.7 Å². The lowest BCUT2D eigenvalue weighted by Crippen LogP contribution is -2.47. The molecule has 1 aromatic heterocycles. The molecular weight excluding hydrogens is 342 g/mol. The molecule has 140 valence electrons. The van der Waals surface area contributed by atoms with Gasteiger partial charge in [0.25, 0.3) is 5.91 Å². The highest BCUT2D eigenvalue weighted by molar-refractivity contribution is 6.10. The number of ketones is 1. The number of benzene rings is 1. The number of likely N-dealkylation sites (tertiary alicyclic amines) is 1. The van der Waals surface area contributed by atoms with Gasteiger partial charge in [-0.25, -0.2) is 0 Å². The topological polar surface area (TPSA) is 73.7 Å². The van der Waals surface area contributed by atoms with Gasteiger partial charge in [-0.05, 0) is 44.1 Å². The summed E-state index contributed by atoms with van der Waals surface area (Å²) in [5, 5.41) is 11.3. The van der Waals surface area contributed by atoms with E-state index in [0.29, 0.717) is 17.9 Å². The molecule has 1 saturated heterocycles. The molecule has 1 fully saturated rings. The molecule has 0 saturated carbocycles. The summed E-state index contributed by atoms with van der Waals surface area (Å²) in [4.78, 5) is 33.8. The van der Waals surface area contributed by atoms with Crippen LogP contribution in [-0.2, 0) is 10.4 Å². The maximum atomic E-state index is 13.2. The molecule has 2 aliphatic rings. The van der Waals surface area contributed by atoms with Crippen LogP contribution in [0.2, 0.25) is 0 Å². The highest BCUT2D eigenvalue weighted by Gasteiger charge is 2.51. The first-order valence-corrected chi connectivity index (χ1v) is 9.40. The van der Waals surface area contributed by atoms with E-state index in [4.69, 9.17) is 0 Å². The first-order valence-electron chi connectivity index (χ1n) is 9.40. The van der Waals surface area contributed by atoms with Gasteiger partial charge in [0.05, 0.1) is 18.8 Å². The molecule has 6 heteroatoms. The minimum absolute atomic E-state index is 0.255. The third-order valence-corrected chi connectivity index (χ3v) is 5.40. The normalized spacial score (nSPS) is 22.7. The van der Waals surface area contributed by atoms with Crippen LogP contribution in [0, 0.1) is 0 Å². The van der Waals surface area contributed by atoms with Crippen LogP contribution < -0.4 is 4.90 Å². The number of pyridine rings is 1. The van der Waals surface area contributed by atoms with Crippen molar-refractivity contribution in [2.45, 2.75) is 31.3 Å².